The number of aryl methyl sites for hydroxylation is 1. The third-order valence-corrected chi connectivity index (χ3v) is 8.98. The maximum Gasteiger partial charge on any atom is 0.337 e. The van der Waals surface area contributed by atoms with Gasteiger partial charge in [-0.3, -0.25) is 4.79 Å². The van der Waals surface area contributed by atoms with E-state index >= 15 is 0 Å². The highest BCUT2D eigenvalue weighted by atomic mass is 32.2. The normalized spacial score (nSPS) is 15.7. The third kappa shape index (κ3) is 5.07. The van der Waals surface area contributed by atoms with Crippen LogP contribution < -0.4 is 4.80 Å². The highest BCUT2D eigenvalue weighted by Gasteiger charge is 2.32. The highest BCUT2D eigenvalue weighted by Crippen LogP contribution is 2.25. The molecule has 4 rings (SSSR count). The predicted molar refractivity (Wildman–Crippen MR) is 133 cm³/mol. The fourth-order valence-corrected chi connectivity index (χ4v) is 6.58. The SMILES string of the molecule is C#CCn1c(=NC(=O)C2CCN(S(=O)(=O)c3ccc(C)cc3)CC2)sc2cc(C(=O)OC)ccc21. The molecule has 0 N–H and O–H groups in total. The van der Waals surface area contributed by atoms with Crippen LogP contribution in [0.2, 0.25) is 0 Å². The summed E-state index contributed by atoms with van der Waals surface area (Å²) < 4.78 is 34.6. The Hall–Kier alpha value is -3.26. The van der Waals surface area contributed by atoms with Crippen LogP contribution in [0.5, 0.6) is 0 Å². The number of amides is 1. The van der Waals surface area contributed by atoms with Crippen LogP contribution in [0.1, 0.15) is 28.8 Å². The van der Waals surface area contributed by atoms with Gasteiger partial charge < -0.3 is 9.30 Å². The van der Waals surface area contributed by atoms with Crippen molar-refractivity contribution < 1.29 is 22.7 Å². The summed E-state index contributed by atoms with van der Waals surface area (Å²) in [6.07, 6.45) is 6.31. The van der Waals surface area contributed by atoms with Gasteiger partial charge in [0.15, 0.2) is 4.80 Å². The van der Waals surface area contributed by atoms with Crippen LogP contribution in [0.15, 0.2) is 52.4 Å². The second-order valence-corrected chi connectivity index (χ2v) is 11.2. The summed E-state index contributed by atoms with van der Waals surface area (Å²) >= 11 is 1.27. The largest absolute Gasteiger partial charge is 0.465 e. The number of nitrogens with zero attached hydrogens (tertiary/aromatic N) is 3. The van der Waals surface area contributed by atoms with Crippen molar-refractivity contribution in [3.05, 3.63) is 58.4 Å². The quantitative estimate of drug-likeness (QED) is 0.388. The molecule has 1 amide bonds. The second-order valence-electron chi connectivity index (χ2n) is 8.29. The first-order chi connectivity index (χ1) is 16.7. The number of esters is 1. The number of terminal acetylenes is 1. The first-order valence-electron chi connectivity index (χ1n) is 11.0. The lowest BCUT2D eigenvalue weighted by Crippen LogP contribution is -2.40. The van der Waals surface area contributed by atoms with Gasteiger partial charge in [0.2, 0.25) is 10.0 Å². The van der Waals surface area contributed by atoms with Crippen molar-refractivity contribution in [3.63, 3.8) is 0 Å². The molecule has 2 aromatic carbocycles. The fraction of sp³-hybridized carbons (Fsp3) is 0.320. The average molecular weight is 512 g/mol. The van der Waals surface area contributed by atoms with E-state index in [1.54, 1.807) is 47.0 Å². The van der Waals surface area contributed by atoms with Crippen LogP contribution in [-0.2, 0) is 26.1 Å². The number of benzene rings is 2. The number of piperidine rings is 1. The van der Waals surface area contributed by atoms with Gasteiger partial charge in [-0.2, -0.15) is 9.30 Å². The Morgan fingerprint density at radius 1 is 1.17 bits per heavy atom. The summed E-state index contributed by atoms with van der Waals surface area (Å²) in [5.41, 5.74) is 2.15. The molecule has 0 bridgehead atoms. The summed E-state index contributed by atoms with van der Waals surface area (Å²) in [6, 6.07) is 11.8. The van der Waals surface area contributed by atoms with Gasteiger partial charge in [0.1, 0.15) is 0 Å². The number of methoxy groups -OCH3 is 1. The number of carbonyl (C=O) groups excluding carboxylic acids is 2. The lowest BCUT2D eigenvalue weighted by molar-refractivity contribution is -0.122. The van der Waals surface area contributed by atoms with Crippen LogP contribution in [0.25, 0.3) is 10.2 Å². The lowest BCUT2D eigenvalue weighted by Gasteiger charge is -2.29. The number of carbonyl (C=O) groups is 2. The number of fused-ring (bicyclic) bond motifs is 1. The topological polar surface area (TPSA) is 98.0 Å². The van der Waals surface area contributed by atoms with Crippen molar-refractivity contribution in [2.45, 2.75) is 31.2 Å². The molecule has 8 nitrogen and oxygen atoms in total. The van der Waals surface area contributed by atoms with Crippen LogP contribution in [0.4, 0.5) is 0 Å². The summed E-state index contributed by atoms with van der Waals surface area (Å²) in [4.78, 5) is 29.9. The van der Waals surface area contributed by atoms with Gasteiger partial charge in [0.25, 0.3) is 5.91 Å². The standard InChI is InChI=1S/C25H25N3O5S2/c1-4-13-28-21-10-7-19(24(30)33-3)16-22(21)34-25(28)26-23(29)18-11-14-27(15-12-18)35(31,32)20-8-5-17(2)6-9-20/h1,5-10,16,18H,11-15H2,2-3H3. The number of sulfonamides is 1. The maximum absolute atomic E-state index is 13.0. The molecule has 0 spiro atoms. The monoisotopic (exact) mass is 511 g/mol. The van der Waals surface area contributed by atoms with Crippen molar-refractivity contribution in [1.29, 1.82) is 0 Å². The summed E-state index contributed by atoms with van der Waals surface area (Å²) in [6.45, 7) is 2.62. The third-order valence-electron chi connectivity index (χ3n) is 6.02. The summed E-state index contributed by atoms with van der Waals surface area (Å²) in [5, 5.41) is 0. The van der Waals surface area contributed by atoms with E-state index in [4.69, 9.17) is 11.2 Å². The fourth-order valence-electron chi connectivity index (χ4n) is 4.04. The number of aromatic nitrogens is 1. The van der Waals surface area contributed by atoms with E-state index in [1.807, 2.05) is 6.92 Å². The van der Waals surface area contributed by atoms with E-state index in [2.05, 4.69) is 10.9 Å². The van der Waals surface area contributed by atoms with Gasteiger partial charge in [0.05, 0.1) is 34.3 Å². The van der Waals surface area contributed by atoms with E-state index in [-0.39, 0.29) is 36.4 Å². The van der Waals surface area contributed by atoms with Gasteiger partial charge in [-0.1, -0.05) is 35.0 Å². The van der Waals surface area contributed by atoms with Crippen LogP contribution >= 0.6 is 11.3 Å². The smallest absolute Gasteiger partial charge is 0.337 e. The van der Waals surface area contributed by atoms with E-state index < -0.39 is 16.0 Å². The summed E-state index contributed by atoms with van der Waals surface area (Å²) in [5.74, 6) is 1.44. The Bertz CT molecular complexity index is 1490. The number of hydrogen-bond donors (Lipinski definition) is 0. The molecule has 1 aliphatic rings. The van der Waals surface area contributed by atoms with Gasteiger partial charge in [-0.05, 0) is 50.1 Å². The molecule has 0 unspecified atom stereocenters. The van der Waals surface area contributed by atoms with Crippen molar-refractivity contribution in [3.8, 4) is 12.3 Å². The molecule has 0 radical (unpaired) electrons. The molecule has 2 heterocycles. The number of thiazole rings is 1. The molecule has 1 aromatic heterocycles. The molecule has 182 valence electrons. The van der Waals surface area contributed by atoms with E-state index in [1.165, 1.54) is 22.8 Å². The van der Waals surface area contributed by atoms with Crippen LogP contribution in [0.3, 0.4) is 0 Å². The van der Waals surface area contributed by atoms with Gasteiger partial charge >= 0.3 is 5.97 Å². The summed E-state index contributed by atoms with van der Waals surface area (Å²) in [7, 11) is -2.29. The Kier molecular flexibility index (Phi) is 7.21. The van der Waals surface area contributed by atoms with Crippen molar-refractivity contribution in [2.24, 2.45) is 10.9 Å². The lowest BCUT2D eigenvalue weighted by atomic mass is 9.98. The molecule has 35 heavy (non-hydrogen) atoms. The van der Waals surface area contributed by atoms with E-state index in [0.29, 0.717) is 23.2 Å². The molecule has 0 atom stereocenters. The van der Waals surface area contributed by atoms with Gasteiger partial charge in [-0.15, -0.1) is 6.42 Å². The molecule has 3 aromatic rings. The first kappa shape index (κ1) is 24.9. The van der Waals surface area contributed by atoms with Crippen molar-refractivity contribution in [1.82, 2.24) is 8.87 Å². The number of rotatable bonds is 5. The predicted octanol–water partition coefficient (Wildman–Crippen LogP) is 2.96. The van der Waals surface area contributed by atoms with E-state index in [9.17, 15) is 18.0 Å². The minimum absolute atomic E-state index is 0.219. The molecule has 1 saturated heterocycles. The van der Waals surface area contributed by atoms with Crippen molar-refractivity contribution >= 4 is 43.5 Å². The molecule has 10 heteroatoms. The second kappa shape index (κ2) is 10.2. The van der Waals surface area contributed by atoms with Crippen LogP contribution in [0, 0.1) is 25.2 Å². The Balaban J connectivity index is 1.55. The first-order valence-corrected chi connectivity index (χ1v) is 13.3. The minimum atomic E-state index is -3.60. The molecule has 1 fully saturated rings. The molecule has 0 saturated carbocycles. The van der Waals surface area contributed by atoms with Crippen molar-refractivity contribution in [2.75, 3.05) is 20.2 Å². The Morgan fingerprint density at radius 2 is 1.86 bits per heavy atom. The van der Waals surface area contributed by atoms with Gasteiger partial charge in [0, 0.05) is 19.0 Å². The maximum atomic E-state index is 13.0. The Labute approximate surface area is 207 Å². The average Bonchev–Trinajstić information content (AvgIpc) is 3.20. The van der Waals surface area contributed by atoms with Crippen LogP contribution in [-0.4, -0.2) is 49.4 Å². The number of ether oxygens (including phenoxy) is 1. The molecule has 0 aliphatic carbocycles. The zero-order valence-corrected chi connectivity index (χ0v) is 21.1. The minimum Gasteiger partial charge on any atom is -0.465 e. The van der Waals surface area contributed by atoms with Gasteiger partial charge in [-0.25, -0.2) is 13.2 Å². The molecular formula is C25H25N3O5S2. The zero-order chi connectivity index (χ0) is 25.2. The van der Waals surface area contributed by atoms with E-state index in [0.717, 1.165) is 15.8 Å². The zero-order valence-electron chi connectivity index (χ0n) is 19.4. The number of hydrogen-bond acceptors (Lipinski definition) is 6. The molecule has 1 aliphatic heterocycles. The molecular weight excluding hydrogens is 486 g/mol. The highest BCUT2D eigenvalue weighted by molar-refractivity contribution is 7.89. The Morgan fingerprint density at radius 3 is 2.49 bits per heavy atom.